The van der Waals surface area contributed by atoms with Gasteiger partial charge in [-0.3, -0.25) is 18.6 Å². The highest BCUT2D eigenvalue weighted by molar-refractivity contribution is 7.47. The smallest absolute Gasteiger partial charge is 0.462 e. The fraction of sp³-hybridized carbons (Fsp3) is 0.850. The molecule has 0 aromatic heterocycles. The van der Waals surface area contributed by atoms with Gasteiger partial charge < -0.3 is 24.6 Å². The number of phosphoric acid groups is 1. The molecule has 0 spiro atoms. The number of esters is 2. The Kier molecular flexibility index (Phi) is 35.7. The van der Waals surface area contributed by atoms with E-state index < -0.39 is 51.8 Å². The Morgan fingerprint density at radius 1 is 0.588 bits per heavy atom. The number of hydrogen-bond acceptors (Lipinski definition) is 9. The summed E-state index contributed by atoms with van der Waals surface area (Å²) in [5.74, 6) is -0.937. The predicted octanol–water partition coefficient (Wildman–Crippen LogP) is 10.2. The fourth-order valence-electron chi connectivity index (χ4n) is 5.43. The minimum Gasteiger partial charge on any atom is -0.462 e. The van der Waals surface area contributed by atoms with Crippen molar-refractivity contribution in [2.75, 3.05) is 26.4 Å². The number of allylic oxidation sites excluding steroid dienone is 4. The van der Waals surface area contributed by atoms with Gasteiger partial charge in [0.25, 0.3) is 0 Å². The average Bonchev–Trinajstić information content (AvgIpc) is 3.12. The molecule has 10 nitrogen and oxygen atoms in total. The van der Waals surface area contributed by atoms with Gasteiger partial charge in [-0.15, -0.1) is 0 Å². The third-order valence-corrected chi connectivity index (χ3v) is 9.56. The van der Waals surface area contributed by atoms with Gasteiger partial charge in [-0.1, -0.05) is 147 Å². The molecule has 0 aromatic rings. The number of carbonyl (C=O) groups is 2. The van der Waals surface area contributed by atoms with E-state index in [2.05, 4.69) is 42.7 Å². The zero-order valence-corrected chi connectivity index (χ0v) is 33.2. The first kappa shape index (κ1) is 49.5. The standard InChI is InChI=1S/C40H75O10P/c1-3-5-7-9-11-13-15-17-18-20-22-24-26-28-30-32-40(44)50-38(36-49-51(45,46)48-34-37(42)33-41)35-47-39(43)31-29-27-25-23-21-19-16-14-12-10-8-6-4-2/h11,13,17-18,37-38,41-42H,3-10,12,14-16,19-36H2,1-2H3,(H,45,46)/b13-11-,18-17-. The molecule has 300 valence electrons. The van der Waals surface area contributed by atoms with E-state index in [4.69, 9.17) is 19.1 Å². The summed E-state index contributed by atoms with van der Waals surface area (Å²) in [4.78, 5) is 34.9. The van der Waals surface area contributed by atoms with Gasteiger partial charge in [-0.05, 0) is 44.9 Å². The molecule has 11 heteroatoms. The molecule has 0 radical (unpaired) electrons. The van der Waals surface area contributed by atoms with E-state index in [0.717, 1.165) is 64.2 Å². The van der Waals surface area contributed by atoms with Crippen molar-refractivity contribution < 1.29 is 47.8 Å². The number of ether oxygens (including phenoxy) is 2. The van der Waals surface area contributed by atoms with Crippen LogP contribution in [-0.2, 0) is 32.7 Å². The third kappa shape index (κ3) is 36.6. The predicted molar refractivity (Wildman–Crippen MR) is 205 cm³/mol. The number of unbranched alkanes of at least 4 members (excludes halogenated alkanes) is 20. The Bertz CT molecular complexity index is 910. The highest BCUT2D eigenvalue weighted by atomic mass is 31.2. The minimum absolute atomic E-state index is 0.171. The number of hydrogen-bond donors (Lipinski definition) is 3. The van der Waals surface area contributed by atoms with Crippen LogP contribution in [0.4, 0.5) is 0 Å². The summed E-state index contributed by atoms with van der Waals surface area (Å²) in [6.07, 6.45) is 34.2. The van der Waals surface area contributed by atoms with E-state index in [-0.39, 0.29) is 19.4 Å². The van der Waals surface area contributed by atoms with Crippen molar-refractivity contribution in [3.05, 3.63) is 24.3 Å². The SMILES string of the molecule is CCCCC/C=C\C/C=C\CCCCCCCC(=O)OC(COC(=O)CCCCCCCCCCCCCCC)COP(=O)(O)OCC(O)CO. The second-order valence-corrected chi connectivity index (χ2v) is 15.1. The summed E-state index contributed by atoms with van der Waals surface area (Å²) in [7, 11) is -4.61. The summed E-state index contributed by atoms with van der Waals surface area (Å²) < 4.78 is 32.6. The maximum Gasteiger partial charge on any atom is 0.472 e. The van der Waals surface area contributed by atoms with Gasteiger partial charge in [0.2, 0.25) is 0 Å². The van der Waals surface area contributed by atoms with Crippen LogP contribution in [0, 0.1) is 0 Å². The topological polar surface area (TPSA) is 149 Å². The van der Waals surface area contributed by atoms with E-state index in [1.807, 2.05) is 0 Å². The Morgan fingerprint density at radius 3 is 1.55 bits per heavy atom. The van der Waals surface area contributed by atoms with Gasteiger partial charge in [0.15, 0.2) is 6.10 Å². The Hall–Kier alpha value is -1.55. The van der Waals surface area contributed by atoms with Crippen LogP contribution in [0.5, 0.6) is 0 Å². The highest BCUT2D eigenvalue weighted by Crippen LogP contribution is 2.43. The van der Waals surface area contributed by atoms with Gasteiger partial charge in [0.05, 0.1) is 19.8 Å². The normalized spacial score (nSPS) is 14.2. The van der Waals surface area contributed by atoms with Gasteiger partial charge in [0.1, 0.15) is 12.7 Å². The lowest BCUT2D eigenvalue weighted by molar-refractivity contribution is -0.161. The summed E-state index contributed by atoms with van der Waals surface area (Å²) in [5.41, 5.74) is 0. The molecule has 0 aliphatic carbocycles. The first-order chi connectivity index (χ1) is 24.7. The van der Waals surface area contributed by atoms with Crippen LogP contribution in [0.15, 0.2) is 24.3 Å². The van der Waals surface area contributed by atoms with Gasteiger partial charge in [-0.2, -0.15) is 0 Å². The maximum atomic E-state index is 12.6. The second kappa shape index (κ2) is 36.8. The van der Waals surface area contributed by atoms with Crippen LogP contribution in [-0.4, -0.2) is 65.7 Å². The van der Waals surface area contributed by atoms with Crippen molar-refractivity contribution in [2.45, 2.75) is 193 Å². The number of rotatable bonds is 38. The molecule has 0 aliphatic heterocycles. The summed E-state index contributed by atoms with van der Waals surface area (Å²) in [5, 5.41) is 18.3. The molecule has 51 heavy (non-hydrogen) atoms. The summed E-state index contributed by atoms with van der Waals surface area (Å²) >= 11 is 0. The van der Waals surface area contributed by atoms with Crippen molar-refractivity contribution in [3.63, 3.8) is 0 Å². The Morgan fingerprint density at radius 2 is 1.02 bits per heavy atom. The van der Waals surface area contributed by atoms with Gasteiger partial charge >= 0.3 is 19.8 Å². The van der Waals surface area contributed by atoms with Crippen LogP contribution >= 0.6 is 7.82 Å². The van der Waals surface area contributed by atoms with Crippen LogP contribution in [0.25, 0.3) is 0 Å². The number of carbonyl (C=O) groups excluding carboxylic acids is 2. The van der Waals surface area contributed by atoms with Crippen LogP contribution < -0.4 is 0 Å². The molecule has 0 fully saturated rings. The molecule has 0 amide bonds. The molecule has 0 saturated carbocycles. The summed E-state index contributed by atoms with van der Waals surface area (Å²) in [6.45, 7) is 2.34. The molecule has 3 atom stereocenters. The largest absolute Gasteiger partial charge is 0.472 e. The molecule has 3 N–H and O–H groups in total. The first-order valence-corrected chi connectivity index (χ1v) is 21.8. The van der Waals surface area contributed by atoms with Crippen molar-refractivity contribution in [1.82, 2.24) is 0 Å². The van der Waals surface area contributed by atoms with E-state index >= 15 is 0 Å². The lowest BCUT2D eigenvalue weighted by Crippen LogP contribution is -2.29. The van der Waals surface area contributed by atoms with Crippen molar-refractivity contribution in [1.29, 1.82) is 0 Å². The van der Waals surface area contributed by atoms with Gasteiger partial charge in [-0.25, -0.2) is 4.57 Å². The monoisotopic (exact) mass is 747 g/mol. The zero-order chi connectivity index (χ0) is 37.7. The molecule has 0 bridgehead atoms. The second-order valence-electron chi connectivity index (χ2n) is 13.7. The Labute approximate surface area is 310 Å². The van der Waals surface area contributed by atoms with Crippen LogP contribution in [0.1, 0.15) is 181 Å². The number of phosphoric ester groups is 1. The van der Waals surface area contributed by atoms with Crippen molar-refractivity contribution in [3.8, 4) is 0 Å². The van der Waals surface area contributed by atoms with E-state index in [9.17, 15) is 24.2 Å². The van der Waals surface area contributed by atoms with Crippen LogP contribution in [0.2, 0.25) is 0 Å². The quantitative estimate of drug-likeness (QED) is 0.0241. The third-order valence-electron chi connectivity index (χ3n) is 8.61. The molecular formula is C40H75O10P. The molecule has 3 unspecified atom stereocenters. The van der Waals surface area contributed by atoms with Gasteiger partial charge in [0, 0.05) is 12.8 Å². The minimum atomic E-state index is -4.61. The molecule has 0 rings (SSSR count). The van der Waals surface area contributed by atoms with E-state index in [0.29, 0.717) is 12.8 Å². The lowest BCUT2D eigenvalue weighted by Gasteiger charge is -2.20. The first-order valence-electron chi connectivity index (χ1n) is 20.3. The highest BCUT2D eigenvalue weighted by Gasteiger charge is 2.27. The lowest BCUT2D eigenvalue weighted by atomic mass is 10.0. The van der Waals surface area contributed by atoms with Crippen molar-refractivity contribution >= 4 is 19.8 Å². The average molecular weight is 747 g/mol. The zero-order valence-electron chi connectivity index (χ0n) is 32.3. The Balaban J connectivity index is 4.35. The van der Waals surface area contributed by atoms with E-state index in [1.54, 1.807) is 0 Å². The molecular weight excluding hydrogens is 671 g/mol. The summed E-state index contributed by atoms with van der Waals surface area (Å²) in [6, 6.07) is 0. The number of aliphatic hydroxyl groups is 2. The molecule has 0 heterocycles. The van der Waals surface area contributed by atoms with Crippen LogP contribution in [0.3, 0.4) is 0 Å². The van der Waals surface area contributed by atoms with Crippen molar-refractivity contribution in [2.24, 2.45) is 0 Å². The molecule has 0 saturated heterocycles. The van der Waals surface area contributed by atoms with E-state index in [1.165, 1.54) is 77.0 Å². The number of aliphatic hydroxyl groups excluding tert-OH is 2. The molecule has 0 aliphatic rings. The maximum absolute atomic E-state index is 12.6. The molecule has 0 aromatic carbocycles. The fourth-order valence-corrected chi connectivity index (χ4v) is 6.22.